The summed E-state index contributed by atoms with van der Waals surface area (Å²) in [7, 11) is 0. The maximum absolute atomic E-state index is 12.7. The number of hydrogen-bond donors (Lipinski definition) is 1. The van der Waals surface area contributed by atoms with Crippen LogP contribution >= 0.6 is 12.4 Å². The van der Waals surface area contributed by atoms with Gasteiger partial charge in [0.2, 0.25) is 0 Å². The molecule has 0 aliphatic carbocycles. The van der Waals surface area contributed by atoms with Crippen molar-refractivity contribution in [3.63, 3.8) is 0 Å². The van der Waals surface area contributed by atoms with Crippen molar-refractivity contribution in [1.82, 2.24) is 20.0 Å². The van der Waals surface area contributed by atoms with Gasteiger partial charge in [-0.05, 0) is 51.1 Å². The lowest BCUT2D eigenvalue weighted by atomic mass is 9.95. The van der Waals surface area contributed by atoms with Gasteiger partial charge in [-0.1, -0.05) is 6.92 Å². The molecule has 2 aliphatic heterocycles. The Morgan fingerprint density at radius 2 is 2.14 bits per heavy atom. The zero-order valence-corrected chi connectivity index (χ0v) is 14.3. The molecule has 0 radical (unpaired) electrons. The van der Waals surface area contributed by atoms with E-state index in [2.05, 4.69) is 24.3 Å². The number of aromatic nitrogens is 2. The average molecular weight is 327 g/mol. The molecule has 1 amide bonds. The summed E-state index contributed by atoms with van der Waals surface area (Å²) in [5.41, 5.74) is 0.599. The van der Waals surface area contributed by atoms with Crippen LogP contribution in [0.25, 0.3) is 0 Å². The lowest BCUT2D eigenvalue weighted by Crippen LogP contribution is -2.45. The third-order valence-corrected chi connectivity index (χ3v) is 4.85. The fourth-order valence-corrected chi connectivity index (χ4v) is 3.43. The van der Waals surface area contributed by atoms with Gasteiger partial charge in [-0.15, -0.1) is 12.4 Å². The highest BCUT2D eigenvalue weighted by Crippen LogP contribution is 2.23. The zero-order chi connectivity index (χ0) is 14.8. The molecule has 3 rings (SSSR count). The first-order valence-corrected chi connectivity index (χ1v) is 8.22. The van der Waals surface area contributed by atoms with Crippen LogP contribution < -0.4 is 5.32 Å². The predicted molar refractivity (Wildman–Crippen MR) is 89.5 cm³/mol. The third kappa shape index (κ3) is 3.63. The molecule has 3 heterocycles. The molecule has 0 aromatic carbocycles. The van der Waals surface area contributed by atoms with Gasteiger partial charge in [0.1, 0.15) is 5.69 Å². The van der Waals surface area contributed by atoms with Crippen molar-refractivity contribution in [1.29, 1.82) is 0 Å². The van der Waals surface area contributed by atoms with Crippen molar-refractivity contribution in [2.75, 3.05) is 19.6 Å². The molecule has 124 valence electrons. The fraction of sp³-hybridized carbons (Fsp3) is 0.750. The minimum atomic E-state index is 0. The first-order valence-electron chi connectivity index (χ1n) is 8.22. The van der Waals surface area contributed by atoms with Gasteiger partial charge in [0, 0.05) is 25.3 Å². The van der Waals surface area contributed by atoms with E-state index >= 15 is 0 Å². The summed E-state index contributed by atoms with van der Waals surface area (Å²) in [4.78, 5) is 14.7. The maximum atomic E-state index is 12.7. The second kappa shape index (κ2) is 7.47. The van der Waals surface area contributed by atoms with Crippen molar-refractivity contribution in [3.05, 3.63) is 18.0 Å². The Hall–Kier alpha value is -1.07. The van der Waals surface area contributed by atoms with Crippen molar-refractivity contribution < 1.29 is 4.79 Å². The number of nitrogens with zero attached hydrogens (tertiary/aromatic N) is 3. The molecule has 5 nitrogen and oxygen atoms in total. The third-order valence-electron chi connectivity index (χ3n) is 4.85. The molecule has 22 heavy (non-hydrogen) atoms. The standard InChI is InChI=1S/C16H26N4O.ClH/c1-12-5-6-13(2)19(11-12)16(21)15-7-9-20(18-15)14-4-3-8-17-10-14;/h7,9,12-14,17H,3-6,8,10-11H2,1-2H3;1H. The summed E-state index contributed by atoms with van der Waals surface area (Å²) in [5.74, 6) is 0.686. The second-order valence-electron chi connectivity index (χ2n) is 6.67. The monoisotopic (exact) mass is 326 g/mol. The molecule has 0 saturated carbocycles. The Morgan fingerprint density at radius 1 is 1.32 bits per heavy atom. The molecule has 6 heteroatoms. The van der Waals surface area contributed by atoms with E-state index in [9.17, 15) is 4.79 Å². The Labute approximate surface area is 138 Å². The van der Waals surface area contributed by atoms with E-state index in [0.29, 0.717) is 23.7 Å². The number of nitrogens with one attached hydrogen (secondary N) is 1. The SMILES string of the molecule is CC1CCC(C)N(C(=O)c2ccn(C3CCCNC3)n2)C1.Cl. The first-order chi connectivity index (χ1) is 10.1. The normalized spacial score (nSPS) is 29.0. The van der Waals surface area contributed by atoms with Gasteiger partial charge in [0.15, 0.2) is 0 Å². The summed E-state index contributed by atoms with van der Waals surface area (Å²) in [6.45, 7) is 7.27. The summed E-state index contributed by atoms with van der Waals surface area (Å²) < 4.78 is 1.97. The minimum absolute atomic E-state index is 0. The highest BCUT2D eigenvalue weighted by atomic mass is 35.5. The highest BCUT2D eigenvalue weighted by Gasteiger charge is 2.29. The zero-order valence-electron chi connectivity index (χ0n) is 13.5. The van der Waals surface area contributed by atoms with Crippen LogP contribution in [0.2, 0.25) is 0 Å². The average Bonchev–Trinajstić information content (AvgIpc) is 3.00. The van der Waals surface area contributed by atoms with Gasteiger partial charge in [-0.25, -0.2) is 0 Å². The van der Waals surface area contributed by atoms with Crippen LogP contribution in [0.4, 0.5) is 0 Å². The van der Waals surface area contributed by atoms with E-state index in [1.54, 1.807) is 0 Å². The Balaban J connectivity index is 0.00000176. The Bertz CT molecular complexity index is 498. The van der Waals surface area contributed by atoms with E-state index in [4.69, 9.17) is 0 Å². The maximum Gasteiger partial charge on any atom is 0.274 e. The van der Waals surface area contributed by atoms with Crippen LogP contribution in [0.3, 0.4) is 0 Å². The lowest BCUT2D eigenvalue weighted by Gasteiger charge is -2.36. The number of carbonyl (C=O) groups excluding carboxylic acids is 1. The second-order valence-corrected chi connectivity index (χ2v) is 6.67. The number of likely N-dealkylation sites (tertiary alicyclic amines) is 1. The molecular formula is C16H27ClN4O. The molecule has 2 aliphatic rings. The van der Waals surface area contributed by atoms with Gasteiger partial charge >= 0.3 is 0 Å². The van der Waals surface area contributed by atoms with Gasteiger partial charge in [0.05, 0.1) is 6.04 Å². The van der Waals surface area contributed by atoms with Gasteiger partial charge in [-0.3, -0.25) is 9.48 Å². The molecule has 1 aromatic rings. The molecule has 2 fully saturated rings. The molecule has 0 spiro atoms. The van der Waals surface area contributed by atoms with Gasteiger partial charge in [0.25, 0.3) is 5.91 Å². The molecule has 0 bridgehead atoms. The number of piperidine rings is 2. The van der Waals surface area contributed by atoms with Crippen LogP contribution in [0.1, 0.15) is 56.1 Å². The molecule has 3 atom stereocenters. The van der Waals surface area contributed by atoms with E-state index in [-0.39, 0.29) is 18.3 Å². The van der Waals surface area contributed by atoms with Crippen molar-refractivity contribution in [3.8, 4) is 0 Å². The molecule has 3 unspecified atom stereocenters. The van der Waals surface area contributed by atoms with Crippen molar-refractivity contribution in [2.24, 2.45) is 5.92 Å². The Kier molecular flexibility index (Phi) is 5.87. The van der Waals surface area contributed by atoms with E-state index in [1.807, 2.05) is 21.8 Å². The number of carbonyl (C=O) groups is 1. The predicted octanol–water partition coefficient (Wildman–Crippen LogP) is 2.49. The number of halogens is 1. The first kappa shape index (κ1) is 17.3. The summed E-state index contributed by atoms with van der Waals surface area (Å²) >= 11 is 0. The minimum Gasteiger partial charge on any atom is -0.334 e. The van der Waals surface area contributed by atoms with Crippen LogP contribution in [0, 0.1) is 5.92 Å². The van der Waals surface area contributed by atoms with E-state index in [0.717, 1.165) is 32.5 Å². The lowest BCUT2D eigenvalue weighted by molar-refractivity contribution is 0.0566. The van der Waals surface area contributed by atoms with Crippen molar-refractivity contribution >= 4 is 18.3 Å². The van der Waals surface area contributed by atoms with Crippen LogP contribution in [0.15, 0.2) is 12.3 Å². The summed E-state index contributed by atoms with van der Waals surface area (Å²) in [6, 6.07) is 2.59. The highest BCUT2D eigenvalue weighted by molar-refractivity contribution is 5.92. The summed E-state index contributed by atoms with van der Waals surface area (Å²) in [6.07, 6.45) is 6.59. The molecule has 1 aromatic heterocycles. The Morgan fingerprint density at radius 3 is 2.86 bits per heavy atom. The molecule has 1 N–H and O–H groups in total. The van der Waals surface area contributed by atoms with Crippen LogP contribution in [-0.4, -0.2) is 46.3 Å². The van der Waals surface area contributed by atoms with Gasteiger partial charge in [-0.2, -0.15) is 5.10 Å². The molecule has 2 saturated heterocycles. The largest absolute Gasteiger partial charge is 0.334 e. The van der Waals surface area contributed by atoms with Gasteiger partial charge < -0.3 is 10.2 Å². The fourth-order valence-electron chi connectivity index (χ4n) is 3.43. The number of amides is 1. The van der Waals surface area contributed by atoms with E-state index < -0.39 is 0 Å². The number of hydrogen-bond acceptors (Lipinski definition) is 3. The van der Waals surface area contributed by atoms with Crippen molar-refractivity contribution in [2.45, 2.75) is 51.6 Å². The smallest absolute Gasteiger partial charge is 0.274 e. The van der Waals surface area contributed by atoms with Crippen LogP contribution in [-0.2, 0) is 0 Å². The topological polar surface area (TPSA) is 50.2 Å². The molecular weight excluding hydrogens is 300 g/mol. The van der Waals surface area contributed by atoms with E-state index in [1.165, 1.54) is 12.8 Å². The van der Waals surface area contributed by atoms with Crippen LogP contribution in [0.5, 0.6) is 0 Å². The quantitative estimate of drug-likeness (QED) is 0.908. The number of rotatable bonds is 2. The summed E-state index contributed by atoms with van der Waals surface area (Å²) in [5, 5.41) is 7.95.